The highest BCUT2D eigenvalue weighted by Crippen LogP contribution is 2.32. The smallest absolute Gasteiger partial charge is 0.293 e. The van der Waals surface area contributed by atoms with E-state index in [4.69, 9.17) is 4.74 Å². The van der Waals surface area contributed by atoms with Gasteiger partial charge in [-0.2, -0.15) is 0 Å². The van der Waals surface area contributed by atoms with Gasteiger partial charge in [-0.25, -0.2) is 0 Å². The quantitative estimate of drug-likeness (QED) is 0.482. The highest BCUT2D eigenvalue weighted by Gasteiger charge is 2.29. The number of nitro benzene ring substituents is 1. The van der Waals surface area contributed by atoms with Crippen molar-refractivity contribution >= 4 is 17.2 Å². The van der Waals surface area contributed by atoms with E-state index in [2.05, 4.69) is 0 Å². The topological polar surface area (TPSA) is 72.7 Å². The first kappa shape index (κ1) is 14.5. The first-order valence-electron chi connectivity index (χ1n) is 6.57. The van der Waals surface area contributed by atoms with Gasteiger partial charge in [0.05, 0.1) is 17.6 Å². The molecule has 1 aliphatic heterocycles. The van der Waals surface area contributed by atoms with E-state index in [1.54, 1.807) is 12.1 Å². The summed E-state index contributed by atoms with van der Waals surface area (Å²) in [6, 6.07) is 4.71. The van der Waals surface area contributed by atoms with Gasteiger partial charge >= 0.3 is 0 Å². The number of Topliss-reactive ketones (excluding diaryl/α,β-unsaturated/α-hetero) is 1. The number of ketones is 1. The number of hydrogen-bond acceptors (Lipinski definition) is 5. The van der Waals surface area contributed by atoms with Crippen LogP contribution in [0.2, 0.25) is 0 Å². The first-order valence-corrected chi connectivity index (χ1v) is 6.57. The van der Waals surface area contributed by atoms with Crippen molar-refractivity contribution in [1.82, 2.24) is 0 Å². The summed E-state index contributed by atoms with van der Waals surface area (Å²) in [4.78, 5) is 24.2. The highest BCUT2D eigenvalue weighted by atomic mass is 16.6. The Hall–Kier alpha value is -1.95. The van der Waals surface area contributed by atoms with E-state index in [1.165, 1.54) is 13.0 Å². The molecule has 0 spiro atoms. The molecular weight excluding hydrogens is 260 g/mol. The van der Waals surface area contributed by atoms with Gasteiger partial charge in [-0.15, -0.1) is 0 Å². The van der Waals surface area contributed by atoms with Crippen LogP contribution in [0.25, 0.3) is 0 Å². The van der Waals surface area contributed by atoms with Crippen molar-refractivity contribution in [1.29, 1.82) is 0 Å². The number of carbonyl (C=O) groups excluding carboxylic acids is 1. The number of carbonyl (C=O) groups is 1. The van der Waals surface area contributed by atoms with Crippen molar-refractivity contribution in [3.8, 4) is 0 Å². The second-order valence-corrected chi connectivity index (χ2v) is 5.16. The maximum atomic E-state index is 11.4. The molecule has 1 saturated heterocycles. The molecule has 0 N–H and O–H groups in total. The summed E-state index contributed by atoms with van der Waals surface area (Å²) in [7, 11) is 0. The summed E-state index contributed by atoms with van der Waals surface area (Å²) in [6.45, 7) is 6.44. The maximum Gasteiger partial charge on any atom is 0.293 e. The third-order valence-electron chi connectivity index (χ3n) is 3.50. The number of nitrogens with zero attached hydrogens (tertiary/aromatic N) is 2. The lowest BCUT2D eigenvalue weighted by Crippen LogP contribution is -2.47. The van der Waals surface area contributed by atoms with E-state index < -0.39 is 4.92 Å². The Morgan fingerprint density at radius 2 is 2.15 bits per heavy atom. The molecule has 1 aromatic carbocycles. The Balaban J connectivity index is 2.44. The van der Waals surface area contributed by atoms with Crippen LogP contribution in [-0.2, 0) is 4.74 Å². The SMILES string of the molecule is CC(=O)c1ccc(N2CC(C)OCC2C)c([N+](=O)[O-])c1. The van der Waals surface area contributed by atoms with Crippen LogP contribution in [0, 0.1) is 10.1 Å². The highest BCUT2D eigenvalue weighted by molar-refractivity contribution is 5.95. The molecule has 0 aromatic heterocycles. The van der Waals surface area contributed by atoms with E-state index in [0.29, 0.717) is 24.4 Å². The molecule has 2 rings (SSSR count). The van der Waals surface area contributed by atoms with Gasteiger partial charge in [-0.3, -0.25) is 14.9 Å². The molecule has 0 bridgehead atoms. The predicted octanol–water partition coefficient (Wildman–Crippen LogP) is 2.41. The zero-order chi connectivity index (χ0) is 14.9. The first-order chi connectivity index (χ1) is 9.40. The number of anilines is 1. The number of rotatable bonds is 3. The lowest BCUT2D eigenvalue weighted by Gasteiger charge is -2.38. The van der Waals surface area contributed by atoms with Crippen molar-refractivity contribution in [3.05, 3.63) is 33.9 Å². The molecule has 20 heavy (non-hydrogen) atoms. The molecule has 1 aliphatic rings. The fraction of sp³-hybridized carbons (Fsp3) is 0.500. The van der Waals surface area contributed by atoms with Crippen molar-refractivity contribution in [2.75, 3.05) is 18.1 Å². The van der Waals surface area contributed by atoms with Crippen LogP contribution in [0.15, 0.2) is 18.2 Å². The van der Waals surface area contributed by atoms with Crippen LogP contribution in [0.4, 0.5) is 11.4 Å². The standard InChI is InChI=1S/C14H18N2O4/c1-9-8-20-10(2)7-15(9)13-5-4-12(11(3)17)6-14(13)16(18)19/h4-6,9-10H,7-8H2,1-3H3. The van der Waals surface area contributed by atoms with Crippen LogP contribution >= 0.6 is 0 Å². The summed E-state index contributed by atoms with van der Waals surface area (Å²) in [5.41, 5.74) is 0.871. The van der Waals surface area contributed by atoms with Crippen LogP contribution in [0.5, 0.6) is 0 Å². The van der Waals surface area contributed by atoms with Crippen molar-refractivity contribution in [2.24, 2.45) is 0 Å². The lowest BCUT2D eigenvalue weighted by atomic mass is 10.1. The lowest BCUT2D eigenvalue weighted by molar-refractivity contribution is -0.384. The Morgan fingerprint density at radius 3 is 2.75 bits per heavy atom. The number of benzene rings is 1. The summed E-state index contributed by atoms with van der Waals surface area (Å²) in [6.07, 6.45) is 0.0262. The third-order valence-corrected chi connectivity index (χ3v) is 3.50. The van der Waals surface area contributed by atoms with E-state index in [0.717, 1.165) is 0 Å². The van der Waals surface area contributed by atoms with Gasteiger partial charge in [-0.05, 0) is 32.9 Å². The van der Waals surface area contributed by atoms with Crippen molar-refractivity contribution in [2.45, 2.75) is 32.9 Å². The molecule has 0 aliphatic carbocycles. The van der Waals surface area contributed by atoms with E-state index >= 15 is 0 Å². The largest absolute Gasteiger partial charge is 0.375 e. The normalized spacial score (nSPS) is 22.6. The second-order valence-electron chi connectivity index (χ2n) is 5.16. The molecule has 0 saturated carbocycles. The van der Waals surface area contributed by atoms with Gasteiger partial charge in [0, 0.05) is 24.2 Å². The Kier molecular flexibility index (Phi) is 4.04. The minimum absolute atomic E-state index is 0.0262. The summed E-state index contributed by atoms with van der Waals surface area (Å²) in [5, 5.41) is 11.3. The number of morpholine rings is 1. The van der Waals surface area contributed by atoms with Crippen LogP contribution in [-0.4, -0.2) is 36.0 Å². The Labute approximate surface area is 117 Å². The van der Waals surface area contributed by atoms with E-state index in [9.17, 15) is 14.9 Å². The van der Waals surface area contributed by atoms with Crippen molar-refractivity contribution in [3.63, 3.8) is 0 Å². The molecule has 1 fully saturated rings. The third kappa shape index (κ3) is 2.80. The predicted molar refractivity (Wildman–Crippen MR) is 75.3 cm³/mol. The molecule has 1 heterocycles. The fourth-order valence-corrected chi connectivity index (χ4v) is 2.37. The average molecular weight is 278 g/mol. The minimum Gasteiger partial charge on any atom is -0.375 e. The summed E-state index contributed by atoms with van der Waals surface area (Å²) >= 11 is 0. The van der Waals surface area contributed by atoms with Gasteiger partial charge < -0.3 is 9.64 Å². The Morgan fingerprint density at radius 1 is 1.45 bits per heavy atom. The molecule has 2 unspecified atom stereocenters. The summed E-state index contributed by atoms with van der Waals surface area (Å²) in [5.74, 6) is -0.178. The number of ether oxygens (including phenoxy) is 1. The van der Waals surface area contributed by atoms with Crippen LogP contribution in [0.3, 0.4) is 0 Å². The van der Waals surface area contributed by atoms with Crippen LogP contribution in [0.1, 0.15) is 31.1 Å². The van der Waals surface area contributed by atoms with Gasteiger partial charge in [0.1, 0.15) is 5.69 Å². The van der Waals surface area contributed by atoms with Crippen LogP contribution < -0.4 is 4.90 Å². The van der Waals surface area contributed by atoms with Gasteiger partial charge in [0.15, 0.2) is 5.78 Å². The molecule has 6 nitrogen and oxygen atoms in total. The zero-order valence-corrected chi connectivity index (χ0v) is 11.8. The molecule has 2 atom stereocenters. The second kappa shape index (κ2) is 5.58. The fourth-order valence-electron chi connectivity index (χ4n) is 2.37. The average Bonchev–Trinajstić information content (AvgIpc) is 2.40. The zero-order valence-electron chi connectivity index (χ0n) is 11.8. The summed E-state index contributed by atoms with van der Waals surface area (Å²) < 4.78 is 5.54. The molecule has 6 heteroatoms. The van der Waals surface area contributed by atoms with Gasteiger partial charge in [0.2, 0.25) is 0 Å². The van der Waals surface area contributed by atoms with Gasteiger partial charge in [-0.1, -0.05) is 0 Å². The van der Waals surface area contributed by atoms with E-state index in [1.807, 2.05) is 18.7 Å². The van der Waals surface area contributed by atoms with Crippen molar-refractivity contribution < 1.29 is 14.5 Å². The van der Waals surface area contributed by atoms with Gasteiger partial charge in [0.25, 0.3) is 5.69 Å². The number of nitro groups is 1. The molecule has 1 aromatic rings. The monoisotopic (exact) mass is 278 g/mol. The molecule has 0 radical (unpaired) electrons. The number of hydrogen-bond donors (Lipinski definition) is 0. The molecular formula is C14H18N2O4. The minimum atomic E-state index is -0.436. The molecule has 108 valence electrons. The Bertz CT molecular complexity index is 544. The van der Waals surface area contributed by atoms with E-state index in [-0.39, 0.29) is 23.6 Å². The maximum absolute atomic E-state index is 11.4. The molecule has 0 amide bonds.